The predicted molar refractivity (Wildman–Crippen MR) is 93.8 cm³/mol. The van der Waals surface area contributed by atoms with Crippen LogP contribution in [-0.2, 0) is 17.6 Å². The Labute approximate surface area is 142 Å². The normalized spacial score (nSPS) is 24.9. The summed E-state index contributed by atoms with van der Waals surface area (Å²) in [6, 6.07) is 16.5. The first-order chi connectivity index (χ1) is 11.8. The van der Waals surface area contributed by atoms with Crippen LogP contribution in [0.1, 0.15) is 52.7 Å². The van der Waals surface area contributed by atoms with Crippen LogP contribution in [0.15, 0.2) is 54.1 Å². The van der Waals surface area contributed by atoms with Gasteiger partial charge in [0, 0.05) is 11.1 Å². The lowest BCUT2D eigenvalue weighted by Crippen LogP contribution is -2.47. The Morgan fingerprint density at radius 3 is 2.25 bits per heavy atom. The molecule has 2 nitrogen and oxygen atoms in total. The monoisotopic (exact) mass is 316 g/mol. The van der Waals surface area contributed by atoms with E-state index in [1.807, 2.05) is 18.2 Å². The van der Waals surface area contributed by atoms with E-state index in [1.165, 1.54) is 22.3 Å². The number of benzene rings is 2. The summed E-state index contributed by atoms with van der Waals surface area (Å²) in [7, 11) is 0. The van der Waals surface area contributed by atoms with Crippen molar-refractivity contribution >= 4 is 11.5 Å². The first kappa shape index (κ1) is 14.0. The second-order valence-corrected chi connectivity index (χ2v) is 7.17. The van der Waals surface area contributed by atoms with Crippen molar-refractivity contribution in [3.63, 3.8) is 0 Å². The van der Waals surface area contributed by atoms with Crippen molar-refractivity contribution in [2.24, 2.45) is 0 Å². The van der Waals surface area contributed by atoms with Gasteiger partial charge >= 0.3 is 0 Å². The Hall–Kier alpha value is -2.35. The molecule has 0 fully saturated rings. The molecule has 5 rings (SSSR count). The number of carbonyl (C=O) groups is 1. The molecule has 1 heterocycles. The van der Waals surface area contributed by atoms with E-state index in [1.54, 1.807) is 0 Å². The average Bonchev–Trinajstić information content (AvgIpc) is 2.65. The van der Waals surface area contributed by atoms with Gasteiger partial charge in [0.2, 0.25) is 5.78 Å². The summed E-state index contributed by atoms with van der Waals surface area (Å²) in [4.78, 5) is 13.2. The van der Waals surface area contributed by atoms with Gasteiger partial charge in [0.05, 0.1) is 0 Å². The molecule has 120 valence electrons. The molecule has 0 saturated carbocycles. The van der Waals surface area contributed by atoms with Crippen molar-refractivity contribution < 1.29 is 9.53 Å². The van der Waals surface area contributed by atoms with Crippen molar-refractivity contribution in [3.05, 3.63) is 76.4 Å². The smallest absolute Gasteiger partial charge is 0.206 e. The third-order valence-corrected chi connectivity index (χ3v) is 5.88. The lowest BCUT2D eigenvalue weighted by molar-refractivity contribution is 0.0126. The van der Waals surface area contributed by atoms with E-state index in [0.29, 0.717) is 0 Å². The zero-order valence-corrected chi connectivity index (χ0v) is 13.7. The summed E-state index contributed by atoms with van der Waals surface area (Å²) < 4.78 is 6.54. The molecule has 1 atom stereocenters. The van der Waals surface area contributed by atoms with Crippen LogP contribution in [0.2, 0.25) is 0 Å². The van der Waals surface area contributed by atoms with Crippen LogP contribution in [0.5, 0.6) is 0 Å². The minimum atomic E-state index is -0.655. The highest BCUT2D eigenvalue weighted by Gasteiger charge is 2.47. The van der Waals surface area contributed by atoms with Crippen LogP contribution < -0.4 is 0 Å². The molecule has 0 amide bonds. The number of ketones is 1. The van der Waals surface area contributed by atoms with Gasteiger partial charge < -0.3 is 4.74 Å². The zero-order chi connectivity index (χ0) is 16.1. The molecule has 1 aliphatic heterocycles. The van der Waals surface area contributed by atoms with E-state index in [-0.39, 0.29) is 5.78 Å². The molecular weight excluding hydrogens is 296 g/mol. The minimum absolute atomic E-state index is 0.180. The summed E-state index contributed by atoms with van der Waals surface area (Å²) in [5.74, 6) is 1.18. The number of carbonyl (C=O) groups excluding carboxylic acids is 1. The van der Waals surface area contributed by atoms with E-state index in [4.69, 9.17) is 4.74 Å². The topological polar surface area (TPSA) is 26.3 Å². The molecule has 2 heteroatoms. The van der Waals surface area contributed by atoms with Crippen molar-refractivity contribution in [3.8, 4) is 0 Å². The van der Waals surface area contributed by atoms with Crippen molar-refractivity contribution in [2.45, 2.75) is 44.1 Å². The summed E-state index contributed by atoms with van der Waals surface area (Å²) >= 11 is 0. The van der Waals surface area contributed by atoms with E-state index >= 15 is 0 Å². The van der Waals surface area contributed by atoms with Gasteiger partial charge in [-0.1, -0.05) is 48.5 Å². The summed E-state index contributed by atoms with van der Waals surface area (Å²) in [6.07, 6.45) is 5.67. The second-order valence-electron chi connectivity index (χ2n) is 7.17. The Morgan fingerprint density at radius 2 is 1.42 bits per heavy atom. The highest BCUT2D eigenvalue weighted by molar-refractivity contribution is 6.05. The molecule has 0 saturated heterocycles. The number of hydrogen-bond acceptors (Lipinski definition) is 2. The maximum Gasteiger partial charge on any atom is 0.206 e. The summed E-state index contributed by atoms with van der Waals surface area (Å²) in [5.41, 5.74) is 5.31. The number of Topliss-reactive ketones (excluding diaryl/α,β-unsaturated/α-hetero) is 1. The first-order valence-electron chi connectivity index (χ1n) is 8.89. The van der Waals surface area contributed by atoms with Gasteiger partial charge in [-0.05, 0) is 55.2 Å². The molecule has 2 aromatic carbocycles. The first-order valence-corrected chi connectivity index (χ1v) is 8.89. The number of allylic oxidation sites excluding steroid dienone is 1. The van der Waals surface area contributed by atoms with E-state index in [2.05, 4.69) is 30.3 Å². The molecule has 1 spiro atoms. The van der Waals surface area contributed by atoms with E-state index in [9.17, 15) is 4.79 Å². The fraction of sp³-hybridized carbons (Fsp3) is 0.318. The van der Waals surface area contributed by atoms with Crippen molar-refractivity contribution in [1.29, 1.82) is 0 Å². The molecule has 2 aromatic rings. The number of aryl methyl sites for hydroxylation is 2. The number of ether oxygens (including phenoxy) is 1. The van der Waals surface area contributed by atoms with Crippen molar-refractivity contribution in [2.75, 3.05) is 0 Å². The van der Waals surface area contributed by atoms with E-state index in [0.717, 1.165) is 49.8 Å². The predicted octanol–water partition coefficient (Wildman–Crippen LogP) is 4.72. The highest BCUT2D eigenvalue weighted by Crippen LogP contribution is 2.47. The molecule has 0 N–H and O–H groups in total. The number of rotatable bonds is 0. The van der Waals surface area contributed by atoms with Gasteiger partial charge in [0.25, 0.3) is 0 Å². The maximum atomic E-state index is 13.2. The second kappa shape index (κ2) is 5.07. The molecular formula is C22H20O2. The fourth-order valence-electron chi connectivity index (χ4n) is 4.51. The molecule has 0 bridgehead atoms. The zero-order valence-electron chi connectivity index (χ0n) is 13.7. The largest absolute Gasteiger partial charge is 0.479 e. The highest BCUT2D eigenvalue weighted by atomic mass is 16.5. The molecule has 3 aliphatic rings. The molecule has 0 aromatic heterocycles. The van der Waals surface area contributed by atoms with Crippen LogP contribution in [0.25, 0.3) is 5.76 Å². The number of fused-ring (bicyclic) bond motifs is 3. The molecule has 1 unspecified atom stereocenters. The van der Waals surface area contributed by atoms with Gasteiger partial charge in [-0.15, -0.1) is 0 Å². The summed E-state index contributed by atoms with van der Waals surface area (Å²) in [6.45, 7) is 0. The van der Waals surface area contributed by atoms with Crippen molar-refractivity contribution in [1.82, 2.24) is 0 Å². The Balaban J connectivity index is 1.57. The third kappa shape index (κ3) is 1.92. The van der Waals surface area contributed by atoms with Crippen LogP contribution in [0, 0.1) is 0 Å². The standard InChI is InChI=1S/C22H20O2/c23-21-19-8-4-2-6-16(19)11-13-22(21)14-12-17-10-9-15-5-1-3-7-18(15)20(17)24-22/h1-8H,9-14H2. The average molecular weight is 316 g/mol. The minimum Gasteiger partial charge on any atom is -0.479 e. The van der Waals surface area contributed by atoms with Gasteiger partial charge in [0.1, 0.15) is 5.76 Å². The Morgan fingerprint density at radius 1 is 0.750 bits per heavy atom. The SMILES string of the molecule is O=C1c2ccccc2CCC12CCC1=C(O2)c2ccccc2CC1. The van der Waals surface area contributed by atoms with Crippen LogP contribution >= 0.6 is 0 Å². The third-order valence-electron chi connectivity index (χ3n) is 5.88. The Kier molecular flexibility index (Phi) is 2.97. The quantitative estimate of drug-likeness (QED) is 0.703. The van der Waals surface area contributed by atoms with E-state index < -0.39 is 5.60 Å². The summed E-state index contributed by atoms with van der Waals surface area (Å²) in [5, 5.41) is 0. The van der Waals surface area contributed by atoms with Gasteiger partial charge in [-0.3, -0.25) is 4.79 Å². The maximum absolute atomic E-state index is 13.2. The van der Waals surface area contributed by atoms with Gasteiger partial charge in [-0.25, -0.2) is 0 Å². The Bertz CT molecular complexity index is 877. The molecule has 24 heavy (non-hydrogen) atoms. The van der Waals surface area contributed by atoms with Gasteiger partial charge in [-0.2, -0.15) is 0 Å². The van der Waals surface area contributed by atoms with Gasteiger partial charge in [0.15, 0.2) is 5.60 Å². The lowest BCUT2D eigenvalue weighted by atomic mass is 9.73. The van der Waals surface area contributed by atoms with Crippen LogP contribution in [-0.4, -0.2) is 11.4 Å². The van der Waals surface area contributed by atoms with Crippen LogP contribution in [0.3, 0.4) is 0 Å². The molecule has 2 aliphatic carbocycles. The van der Waals surface area contributed by atoms with Crippen LogP contribution in [0.4, 0.5) is 0 Å². The number of hydrogen-bond donors (Lipinski definition) is 0. The lowest BCUT2D eigenvalue weighted by Gasteiger charge is -2.43. The molecule has 0 radical (unpaired) electrons. The fourth-order valence-corrected chi connectivity index (χ4v) is 4.51.